The van der Waals surface area contributed by atoms with E-state index in [0.717, 1.165) is 12.2 Å². The van der Waals surface area contributed by atoms with Crippen LogP contribution in [0.5, 0.6) is 0 Å². The van der Waals surface area contributed by atoms with Crippen LogP contribution in [0, 0.1) is 0 Å². The van der Waals surface area contributed by atoms with Gasteiger partial charge in [-0.3, -0.25) is 0 Å². The second-order valence-electron chi connectivity index (χ2n) is 1.30. The molecule has 0 aliphatic rings. The molecule has 0 aromatic rings. The first kappa shape index (κ1) is 7.63. The molecule has 7 heavy (non-hydrogen) atoms. The Bertz CT molecular complexity index is 38.7. The predicted octanol–water partition coefficient (Wildman–Crippen LogP) is 1.92. The molecule has 0 fully saturated rings. The Labute approximate surface area is 54.3 Å². The summed E-state index contributed by atoms with van der Waals surface area (Å²) in [6, 6.07) is 0. The summed E-state index contributed by atoms with van der Waals surface area (Å²) in [5, 5.41) is 0. The van der Waals surface area contributed by atoms with Crippen molar-refractivity contribution < 1.29 is 4.39 Å². The third-order valence-electron chi connectivity index (χ3n) is 0.600. The molecule has 0 aliphatic carbocycles. The Balaban J connectivity index is 2.68. The number of hydrogen-bond donors (Lipinski definition) is 2. The van der Waals surface area contributed by atoms with Crippen molar-refractivity contribution in [3.63, 3.8) is 0 Å². The fraction of sp³-hybridized carbons (Fsp3) is 1.00. The van der Waals surface area contributed by atoms with Crippen LogP contribution in [0.3, 0.4) is 0 Å². The maximum atomic E-state index is 11.7. The summed E-state index contributed by atoms with van der Waals surface area (Å²) in [5.41, 5.74) is -0.952. The van der Waals surface area contributed by atoms with E-state index in [0.29, 0.717) is 6.42 Å². The van der Waals surface area contributed by atoms with Crippen LogP contribution >= 0.6 is 25.3 Å². The van der Waals surface area contributed by atoms with Gasteiger partial charge < -0.3 is 0 Å². The maximum absolute atomic E-state index is 11.7. The van der Waals surface area contributed by atoms with E-state index in [1.165, 1.54) is 0 Å². The monoisotopic (exact) mass is 140 g/mol. The van der Waals surface area contributed by atoms with Crippen molar-refractivity contribution in [2.24, 2.45) is 0 Å². The number of hydrogen-bond acceptors (Lipinski definition) is 2. The number of alkyl halides is 1. The van der Waals surface area contributed by atoms with Crippen LogP contribution in [-0.4, -0.2) is 11.3 Å². The normalized spacial score (nSPS) is 14.1. The first-order valence-corrected chi connectivity index (χ1v) is 3.35. The van der Waals surface area contributed by atoms with Crippen LogP contribution in [0.4, 0.5) is 4.39 Å². The van der Waals surface area contributed by atoms with Gasteiger partial charge >= 0.3 is 0 Å². The summed E-state index contributed by atoms with van der Waals surface area (Å²) in [6.07, 6.45) is 1.33. The van der Waals surface area contributed by atoms with Gasteiger partial charge in [-0.05, 0) is 18.6 Å². The first-order chi connectivity index (χ1) is 3.27. The molecule has 1 atom stereocenters. The van der Waals surface area contributed by atoms with Gasteiger partial charge in [0.25, 0.3) is 0 Å². The summed E-state index contributed by atoms with van der Waals surface area (Å²) >= 11 is 7.43. The summed E-state index contributed by atoms with van der Waals surface area (Å²) in [5.74, 6) is 0.751. The van der Waals surface area contributed by atoms with Gasteiger partial charge in [-0.15, -0.1) is 12.6 Å². The lowest BCUT2D eigenvalue weighted by Crippen LogP contribution is -1.87. The van der Waals surface area contributed by atoms with Crippen LogP contribution in [0.15, 0.2) is 0 Å². The molecule has 0 saturated carbocycles. The van der Waals surface area contributed by atoms with Crippen LogP contribution in [0.25, 0.3) is 0 Å². The second kappa shape index (κ2) is 4.78. The van der Waals surface area contributed by atoms with E-state index in [2.05, 4.69) is 25.3 Å². The van der Waals surface area contributed by atoms with Gasteiger partial charge in [-0.1, -0.05) is 0 Å². The van der Waals surface area contributed by atoms with E-state index >= 15 is 0 Å². The van der Waals surface area contributed by atoms with Crippen molar-refractivity contribution in [3.8, 4) is 0 Å². The molecule has 0 saturated heterocycles. The molecule has 44 valence electrons. The molecule has 0 radical (unpaired) electrons. The van der Waals surface area contributed by atoms with Gasteiger partial charge in [0.15, 0.2) is 0 Å². The largest absolute Gasteiger partial charge is 0.236 e. The third-order valence-corrected chi connectivity index (χ3v) is 1.17. The Kier molecular flexibility index (Phi) is 5.21. The third kappa shape index (κ3) is 6.63. The summed E-state index contributed by atoms with van der Waals surface area (Å²) in [6.45, 7) is 0. The topological polar surface area (TPSA) is 0 Å². The van der Waals surface area contributed by atoms with Gasteiger partial charge in [0.2, 0.25) is 0 Å². The van der Waals surface area contributed by atoms with Crippen LogP contribution in [0.1, 0.15) is 12.8 Å². The Morgan fingerprint density at radius 3 is 2.29 bits per heavy atom. The van der Waals surface area contributed by atoms with Crippen molar-refractivity contribution in [3.05, 3.63) is 0 Å². The quantitative estimate of drug-likeness (QED) is 0.550. The molecule has 0 N–H and O–H groups in total. The Hall–Kier alpha value is 0.630. The van der Waals surface area contributed by atoms with E-state index in [1.54, 1.807) is 0 Å². The van der Waals surface area contributed by atoms with Crippen LogP contribution < -0.4 is 0 Å². The molecule has 0 heterocycles. The molecular formula is C4H9FS2. The van der Waals surface area contributed by atoms with Gasteiger partial charge in [0.05, 0.1) is 0 Å². The summed E-state index contributed by atoms with van der Waals surface area (Å²) < 4.78 is 11.7. The lowest BCUT2D eigenvalue weighted by molar-refractivity contribution is 0.430. The lowest BCUT2D eigenvalue weighted by atomic mass is 10.4. The highest BCUT2D eigenvalue weighted by atomic mass is 32.1. The van der Waals surface area contributed by atoms with E-state index < -0.39 is 5.50 Å². The van der Waals surface area contributed by atoms with Crippen molar-refractivity contribution in [2.75, 3.05) is 5.75 Å². The highest BCUT2D eigenvalue weighted by molar-refractivity contribution is 7.80. The minimum atomic E-state index is -0.952. The molecule has 0 aliphatic heterocycles. The Morgan fingerprint density at radius 1 is 1.57 bits per heavy atom. The van der Waals surface area contributed by atoms with Crippen molar-refractivity contribution in [1.29, 1.82) is 0 Å². The molecule has 0 bridgehead atoms. The van der Waals surface area contributed by atoms with Gasteiger partial charge in [-0.25, -0.2) is 4.39 Å². The lowest BCUT2D eigenvalue weighted by Gasteiger charge is -1.94. The van der Waals surface area contributed by atoms with E-state index in [1.807, 2.05) is 0 Å². The molecule has 0 nitrogen and oxygen atoms in total. The molecule has 0 rings (SSSR count). The fourth-order valence-corrected chi connectivity index (χ4v) is 0.625. The first-order valence-electron chi connectivity index (χ1n) is 2.20. The highest BCUT2D eigenvalue weighted by Crippen LogP contribution is 2.05. The van der Waals surface area contributed by atoms with Gasteiger partial charge in [0, 0.05) is 0 Å². The average Bonchev–Trinajstić information content (AvgIpc) is 1.61. The summed E-state index contributed by atoms with van der Waals surface area (Å²) in [4.78, 5) is 0. The number of thiol groups is 2. The van der Waals surface area contributed by atoms with E-state index in [9.17, 15) is 4.39 Å². The zero-order valence-electron chi connectivity index (χ0n) is 3.97. The smallest absolute Gasteiger partial charge is 0.143 e. The summed E-state index contributed by atoms with van der Waals surface area (Å²) in [7, 11) is 0. The zero-order valence-corrected chi connectivity index (χ0v) is 5.76. The molecule has 1 unspecified atom stereocenters. The van der Waals surface area contributed by atoms with Crippen molar-refractivity contribution in [1.82, 2.24) is 0 Å². The molecule has 3 heteroatoms. The van der Waals surface area contributed by atoms with E-state index in [-0.39, 0.29) is 0 Å². The molecule has 0 spiro atoms. The molecule has 0 aromatic carbocycles. The van der Waals surface area contributed by atoms with Gasteiger partial charge in [-0.2, -0.15) is 12.6 Å². The Morgan fingerprint density at radius 2 is 2.14 bits per heavy atom. The average molecular weight is 140 g/mol. The predicted molar refractivity (Wildman–Crippen MR) is 37.0 cm³/mol. The standard InChI is InChI=1S/C4H9FS2/c5-4(7)2-1-3-6/h4,6-7H,1-3H2. The molecular weight excluding hydrogens is 131 g/mol. The number of halogens is 1. The minimum absolute atomic E-state index is 0.520. The second-order valence-corrected chi connectivity index (χ2v) is 2.31. The SMILES string of the molecule is FC(S)CCCS. The zero-order chi connectivity index (χ0) is 5.70. The van der Waals surface area contributed by atoms with Gasteiger partial charge in [0.1, 0.15) is 5.50 Å². The minimum Gasteiger partial charge on any atom is -0.236 e. The van der Waals surface area contributed by atoms with E-state index in [4.69, 9.17) is 0 Å². The van der Waals surface area contributed by atoms with Crippen molar-refractivity contribution in [2.45, 2.75) is 18.3 Å². The van der Waals surface area contributed by atoms with Crippen molar-refractivity contribution >= 4 is 25.3 Å². The fourth-order valence-electron chi connectivity index (χ4n) is 0.260. The maximum Gasteiger partial charge on any atom is 0.143 e. The molecule has 0 amide bonds. The molecule has 0 aromatic heterocycles. The van der Waals surface area contributed by atoms with Crippen LogP contribution in [0.2, 0.25) is 0 Å². The van der Waals surface area contributed by atoms with Crippen LogP contribution in [-0.2, 0) is 0 Å². The number of rotatable bonds is 3. The highest BCUT2D eigenvalue weighted by Gasteiger charge is 1.94.